The van der Waals surface area contributed by atoms with Gasteiger partial charge in [-0.15, -0.1) is 11.3 Å². The van der Waals surface area contributed by atoms with Crippen molar-refractivity contribution in [2.45, 2.75) is 6.42 Å². The van der Waals surface area contributed by atoms with Gasteiger partial charge in [-0.2, -0.15) is 0 Å². The number of aromatic nitrogens is 2. The van der Waals surface area contributed by atoms with Gasteiger partial charge in [0.15, 0.2) is 4.96 Å². The number of benzene rings is 2. The highest BCUT2D eigenvalue weighted by atomic mass is 32.1. The maximum atomic E-state index is 12.9. The van der Waals surface area contributed by atoms with E-state index in [1.807, 2.05) is 52.4 Å². The number of ether oxygens (including phenoxy) is 2. The lowest BCUT2D eigenvalue weighted by atomic mass is 10.1. The first-order valence-electron chi connectivity index (χ1n) is 11.0. The molecule has 0 atom stereocenters. The van der Waals surface area contributed by atoms with Crippen molar-refractivity contribution in [3.8, 4) is 11.3 Å². The maximum absolute atomic E-state index is 12.9. The molecule has 1 fully saturated rings. The Hall–Kier alpha value is -3.69. The summed E-state index contributed by atoms with van der Waals surface area (Å²) in [6.45, 7) is 2.77. The van der Waals surface area contributed by atoms with Crippen LogP contribution in [0.2, 0.25) is 0 Å². The zero-order chi connectivity index (χ0) is 23.5. The minimum Gasteiger partial charge on any atom is -0.465 e. The Morgan fingerprint density at radius 2 is 1.94 bits per heavy atom. The molecule has 174 valence electrons. The van der Waals surface area contributed by atoms with Gasteiger partial charge in [0.1, 0.15) is 0 Å². The lowest BCUT2D eigenvalue weighted by Crippen LogP contribution is -2.36. The van der Waals surface area contributed by atoms with Crippen LogP contribution in [0, 0.1) is 0 Å². The van der Waals surface area contributed by atoms with Crippen LogP contribution in [0.25, 0.3) is 16.2 Å². The predicted molar refractivity (Wildman–Crippen MR) is 132 cm³/mol. The second kappa shape index (κ2) is 9.66. The second-order valence-corrected chi connectivity index (χ2v) is 8.75. The second-order valence-electron chi connectivity index (χ2n) is 7.92. The monoisotopic (exact) mass is 476 g/mol. The quantitative estimate of drug-likeness (QED) is 0.426. The van der Waals surface area contributed by atoms with Crippen molar-refractivity contribution in [3.63, 3.8) is 0 Å². The number of hydrogen-bond donors (Lipinski definition) is 1. The molecule has 0 radical (unpaired) electrons. The molecular weight excluding hydrogens is 452 g/mol. The molecule has 0 aliphatic carbocycles. The maximum Gasteiger partial charge on any atom is 0.340 e. The van der Waals surface area contributed by atoms with Crippen molar-refractivity contribution in [2.75, 3.05) is 43.6 Å². The SMILES string of the molecule is COC(=O)c1cc(N2CCOCC2)ccc1NC(=O)Cc1csc2nc(-c3ccccc3)cn12. The number of nitrogens with zero attached hydrogens (tertiary/aromatic N) is 3. The fraction of sp³-hybridized carbons (Fsp3) is 0.240. The number of carbonyl (C=O) groups excluding carboxylic acids is 2. The Morgan fingerprint density at radius 3 is 2.71 bits per heavy atom. The summed E-state index contributed by atoms with van der Waals surface area (Å²) < 4.78 is 12.3. The Balaban J connectivity index is 1.35. The third-order valence-electron chi connectivity index (χ3n) is 5.75. The summed E-state index contributed by atoms with van der Waals surface area (Å²) in [5.41, 5.74) is 4.36. The molecule has 2 aromatic heterocycles. The summed E-state index contributed by atoms with van der Waals surface area (Å²) in [5.74, 6) is -0.718. The molecule has 1 aliphatic heterocycles. The third-order valence-corrected chi connectivity index (χ3v) is 6.64. The molecule has 0 unspecified atom stereocenters. The van der Waals surface area contributed by atoms with E-state index >= 15 is 0 Å². The van der Waals surface area contributed by atoms with E-state index in [0.717, 1.165) is 40.7 Å². The standard InChI is InChI=1S/C25H24N4O4S/c1-32-24(31)20-13-18(28-9-11-33-12-10-28)7-8-21(20)26-23(30)14-19-16-34-25-27-22(15-29(19)25)17-5-3-2-4-6-17/h2-8,13,15-16H,9-12,14H2,1H3,(H,26,30). The highest BCUT2D eigenvalue weighted by Gasteiger charge is 2.19. The van der Waals surface area contributed by atoms with E-state index in [4.69, 9.17) is 9.47 Å². The average molecular weight is 477 g/mol. The van der Waals surface area contributed by atoms with Gasteiger partial charge >= 0.3 is 5.97 Å². The molecular formula is C25H24N4O4S. The number of morpholine rings is 1. The Kier molecular flexibility index (Phi) is 6.29. The summed E-state index contributed by atoms with van der Waals surface area (Å²) in [6, 6.07) is 15.3. The largest absolute Gasteiger partial charge is 0.465 e. The van der Waals surface area contributed by atoms with Crippen molar-refractivity contribution < 1.29 is 19.1 Å². The smallest absolute Gasteiger partial charge is 0.340 e. The summed E-state index contributed by atoms with van der Waals surface area (Å²) in [4.78, 5) is 33.0. The van der Waals surface area contributed by atoms with Crippen LogP contribution in [0.3, 0.4) is 0 Å². The lowest BCUT2D eigenvalue weighted by Gasteiger charge is -2.29. The molecule has 1 saturated heterocycles. The summed E-state index contributed by atoms with van der Waals surface area (Å²) in [7, 11) is 1.33. The number of imidazole rings is 1. The highest BCUT2D eigenvalue weighted by molar-refractivity contribution is 7.15. The zero-order valence-electron chi connectivity index (χ0n) is 18.7. The number of anilines is 2. The molecule has 5 rings (SSSR count). The van der Waals surface area contributed by atoms with E-state index < -0.39 is 5.97 Å². The molecule has 8 nitrogen and oxygen atoms in total. The highest BCUT2D eigenvalue weighted by Crippen LogP contribution is 2.27. The van der Waals surface area contributed by atoms with Crippen LogP contribution in [0.15, 0.2) is 60.1 Å². The first-order valence-corrected chi connectivity index (χ1v) is 11.9. The fourth-order valence-corrected chi connectivity index (χ4v) is 4.87. The molecule has 1 N–H and O–H groups in total. The van der Waals surface area contributed by atoms with Crippen molar-refractivity contribution in [1.29, 1.82) is 0 Å². The van der Waals surface area contributed by atoms with E-state index in [1.54, 1.807) is 12.1 Å². The fourth-order valence-electron chi connectivity index (χ4n) is 4.00. The van der Waals surface area contributed by atoms with Gasteiger partial charge in [-0.1, -0.05) is 30.3 Å². The Labute approximate surface area is 200 Å². The van der Waals surface area contributed by atoms with Gasteiger partial charge < -0.3 is 19.7 Å². The minimum atomic E-state index is -0.495. The van der Waals surface area contributed by atoms with E-state index in [0.29, 0.717) is 24.5 Å². The van der Waals surface area contributed by atoms with Crippen LogP contribution in [-0.2, 0) is 20.7 Å². The van der Waals surface area contributed by atoms with Crippen molar-refractivity contribution in [3.05, 3.63) is 71.4 Å². The number of amides is 1. The van der Waals surface area contributed by atoms with Crippen LogP contribution < -0.4 is 10.2 Å². The lowest BCUT2D eigenvalue weighted by molar-refractivity contribution is -0.115. The molecule has 34 heavy (non-hydrogen) atoms. The molecule has 0 bridgehead atoms. The average Bonchev–Trinajstić information content (AvgIpc) is 3.47. The molecule has 0 spiro atoms. The summed E-state index contributed by atoms with van der Waals surface area (Å²) >= 11 is 1.49. The molecule has 0 saturated carbocycles. The summed E-state index contributed by atoms with van der Waals surface area (Å²) in [6.07, 6.45) is 2.09. The number of fused-ring (bicyclic) bond motifs is 1. The molecule has 9 heteroatoms. The van der Waals surface area contributed by atoms with E-state index in [9.17, 15) is 9.59 Å². The van der Waals surface area contributed by atoms with Gasteiger partial charge in [0.25, 0.3) is 0 Å². The van der Waals surface area contributed by atoms with Gasteiger partial charge in [-0.25, -0.2) is 9.78 Å². The third kappa shape index (κ3) is 4.52. The van der Waals surface area contributed by atoms with Crippen molar-refractivity contribution in [2.24, 2.45) is 0 Å². The first kappa shape index (κ1) is 22.1. The van der Waals surface area contributed by atoms with Gasteiger partial charge in [-0.05, 0) is 18.2 Å². The molecule has 3 heterocycles. The first-order chi connectivity index (χ1) is 16.6. The van der Waals surface area contributed by atoms with Crippen LogP contribution >= 0.6 is 11.3 Å². The number of carbonyl (C=O) groups is 2. The zero-order valence-corrected chi connectivity index (χ0v) is 19.5. The van der Waals surface area contributed by atoms with Crippen LogP contribution in [0.1, 0.15) is 16.1 Å². The van der Waals surface area contributed by atoms with E-state index in [2.05, 4.69) is 15.2 Å². The van der Waals surface area contributed by atoms with Crippen molar-refractivity contribution >= 4 is 39.5 Å². The molecule has 4 aromatic rings. The predicted octanol–water partition coefficient (Wildman–Crippen LogP) is 3.87. The molecule has 2 aromatic carbocycles. The molecule has 1 aliphatic rings. The van der Waals surface area contributed by atoms with Gasteiger partial charge in [0, 0.05) is 41.6 Å². The Morgan fingerprint density at radius 1 is 1.15 bits per heavy atom. The van der Waals surface area contributed by atoms with Crippen molar-refractivity contribution in [1.82, 2.24) is 9.38 Å². The number of esters is 1. The normalized spacial score (nSPS) is 13.7. The molecule has 1 amide bonds. The van der Waals surface area contributed by atoms with Crippen LogP contribution in [0.4, 0.5) is 11.4 Å². The number of nitrogens with one attached hydrogen (secondary N) is 1. The number of methoxy groups -OCH3 is 1. The van der Waals surface area contributed by atoms with Gasteiger partial charge in [0.2, 0.25) is 5.91 Å². The number of hydrogen-bond acceptors (Lipinski definition) is 7. The van der Waals surface area contributed by atoms with E-state index in [-0.39, 0.29) is 12.3 Å². The van der Waals surface area contributed by atoms with Gasteiger partial charge in [-0.3, -0.25) is 9.20 Å². The number of rotatable bonds is 6. The van der Waals surface area contributed by atoms with Crippen LogP contribution in [0.5, 0.6) is 0 Å². The number of thiazole rings is 1. The van der Waals surface area contributed by atoms with E-state index in [1.165, 1.54) is 18.4 Å². The Bertz CT molecular complexity index is 1330. The van der Waals surface area contributed by atoms with Crippen LogP contribution in [-0.4, -0.2) is 54.7 Å². The summed E-state index contributed by atoms with van der Waals surface area (Å²) in [5, 5.41) is 4.82. The topological polar surface area (TPSA) is 85.2 Å². The minimum absolute atomic E-state index is 0.149. The van der Waals surface area contributed by atoms with Gasteiger partial charge in [0.05, 0.1) is 43.7 Å².